The SMILES string of the molecule is C#Cc1cnn(-c2ccnc3cc(Cl)cc(Cl)c23)c1. The number of rotatable bonds is 1. The first-order chi connectivity index (χ1) is 9.19. The first kappa shape index (κ1) is 12.0. The van der Waals surface area contributed by atoms with E-state index in [4.69, 9.17) is 29.6 Å². The number of pyridine rings is 1. The van der Waals surface area contributed by atoms with E-state index in [9.17, 15) is 0 Å². The lowest BCUT2D eigenvalue weighted by Crippen LogP contribution is -1.97. The molecule has 0 bridgehead atoms. The summed E-state index contributed by atoms with van der Waals surface area (Å²) in [7, 11) is 0. The number of nitrogens with zero attached hydrogens (tertiary/aromatic N) is 3. The highest BCUT2D eigenvalue weighted by molar-refractivity contribution is 6.39. The van der Waals surface area contributed by atoms with Crippen molar-refractivity contribution in [2.45, 2.75) is 0 Å². The molecule has 0 aliphatic carbocycles. The van der Waals surface area contributed by atoms with E-state index in [0.29, 0.717) is 21.1 Å². The molecular formula is C14H7Cl2N3. The Labute approximate surface area is 119 Å². The Hall–Kier alpha value is -2.02. The number of benzene rings is 1. The largest absolute Gasteiger partial charge is 0.256 e. The Balaban J connectivity index is 2.33. The zero-order valence-electron chi connectivity index (χ0n) is 9.64. The summed E-state index contributed by atoms with van der Waals surface area (Å²) in [6, 6.07) is 5.27. The second-order valence-corrected chi connectivity index (χ2v) is 4.77. The maximum atomic E-state index is 6.25. The van der Waals surface area contributed by atoms with Gasteiger partial charge in [0.1, 0.15) is 0 Å². The van der Waals surface area contributed by atoms with Crippen molar-refractivity contribution in [3.05, 3.63) is 52.4 Å². The van der Waals surface area contributed by atoms with Crippen LogP contribution in [0.1, 0.15) is 5.56 Å². The minimum atomic E-state index is 0.531. The van der Waals surface area contributed by atoms with Crippen LogP contribution < -0.4 is 0 Å². The monoisotopic (exact) mass is 287 g/mol. The van der Waals surface area contributed by atoms with E-state index in [1.165, 1.54) is 0 Å². The Morgan fingerprint density at radius 2 is 2.11 bits per heavy atom. The molecule has 19 heavy (non-hydrogen) atoms. The molecule has 0 atom stereocenters. The van der Waals surface area contributed by atoms with Crippen LogP contribution in [0.4, 0.5) is 0 Å². The lowest BCUT2D eigenvalue weighted by atomic mass is 10.2. The molecule has 0 fully saturated rings. The van der Waals surface area contributed by atoms with Crippen LogP contribution in [0.5, 0.6) is 0 Å². The summed E-state index contributed by atoms with van der Waals surface area (Å²) < 4.78 is 1.68. The van der Waals surface area contributed by atoms with Gasteiger partial charge in [0, 0.05) is 22.8 Å². The highest BCUT2D eigenvalue weighted by Crippen LogP contribution is 2.30. The van der Waals surface area contributed by atoms with Crippen molar-refractivity contribution in [2.75, 3.05) is 0 Å². The van der Waals surface area contributed by atoms with E-state index in [1.807, 2.05) is 6.07 Å². The quantitative estimate of drug-likeness (QED) is 0.639. The number of aromatic nitrogens is 3. The molecule has 0 N–H and O–H groups in total. The van der Waals surface area contributed by atoms with Gasteiger partial charge in [-0.2, -0.15) is 5.10 Å². The van der Waals surface area contributed by atoms with Crippen molar-refractivity contribution in [3.63, 3.8) is 0 Å². The standard InChI is InChI=1S/C14H7Cl2N3/c1-2-9-7-18-19(8-9)13-3-4-17-12-6-10(15)5-11(16)14(12)13/h1,3-8H. The van der Waals surface area contributed by atoms with Crippen LogP contribution in [-0.4, -0.2) is 14.8 Å². The van der Waals surface area contributed by atoms with Crippen molar-refractivity contribution in [1.82, 2.24) is 14.8 Å². The summed E-state index contributed by atoms with van der Waals surface area (Å²) in [6.45, 7) is 0. The van der Waals surface area contributed by atoms with Crippen molar-refractivity contribution >= 4 is 34.1 Å². The second kappa shape index (κ2) is 4.58. The number of hydrogen-bond acceptors (Lipinski definition) is 2. The molecule has 2 heterocycles. The highest BCUT2D eigenvalue weighted by atomic mass is 35.5. The third kappa shape index (κ3) is 2.06. The van der Waals surface area contributed by atoms with E-state index in [2.05, 4.69) is 16.0 Å². The van der Waals surface area contributed by atoms with E-state index in [1.54, 1.807) is 35.4 Å². The molecule has 0 spiro atoms. The van der Waals surface area contributed by atoms with Crippen molar-refractivity contribution in [2.24, 2.45) is 0 Å². The Kier molecular flexibility index (Phi) is 2.90. The third-order valence-corrected chi connectivity index (χ3v) is 3.25. The van der Waals surface area contributed by atoms with Crippen LogP contribution in [0, 0.1) is 12.3 Å². The Morgan fingerprint density at radius 1 is 1.26 bits per heavy atom. The van der Waals surface area contributed by atoms with Crippen LogP contribution in [0.15, 0.2) is 36.8 Å². The summed E-state index contributed by atoms with van der Waals surface area (Å²) >= 11 is 12.2. The maximum absolute atomic E-state index is 6.25. The predicted molar refractivity (Wildman–Crippen MR) is 76.8 cm³/mol. The Morgan fingerprint density at radius 3 is 2.84 bits per heavy atom. The smallest absolute Gasteiger partial charge is 0.0770 e. The molecule has 3 nitrogen and oxygen atoms in total. The number of hydrogen-bond donors (Lipinski definition) is 0. The minimum absolute atomic E-state index is 0.531. The van der Waals surface area contributed by atoms with Gasteiger partial charge in [0.2, 0.25) is 0 Å². The third-order valence-electron chi connectivity index (χ3n) is 2.73. The van der Waals surface area contributed by atoms with E-state index in [0.717, 1.165) is 11.1 Å². The normalized spacial score (nSPS) is 10.6. The molecule has 0 aliphatic heterocycles. The van der Waals surface area contributed by atoms with E-state index in [-0.39, 0.29) is 0 Å². The summed E-state index contributed by atoms with van der Waals surface area (Å²) in [6.07, 6.45) is 10.4. The van der Waals surface area contributed by atoms with Gasteiger partial charge in [0.05, 0.1) is 28.0 Å². The highest BCUT2D eigenvalue weighted by Gasteiger charge is 2.10. The lowest BCUT2D eigenvalue weighted by Gasteiger charge is -2.08. The van der Waals surface area contributed by atoms with E-state index < -0.39 is 0 Å². The molecular weight excluding hydrogens is 281 g/mol. The van der Waals surface area contributed by atoms with Gasteiger partial charge in [-0.1, -0.05) is 29.1 Å². The average molecular weight is 288 g/mol. The summed E-state index contributed by atoms with van der Waals surface area (Å²) in [4.78, 5) is 4.27. The summed E-state index contributed by atoms with van der Waals surface area (Å²) in [5.41, 5.74) is 2.23. The van der Waals surface area contributed by atoms with Gasteiger partial charge in [0.15, 0.2) is 0 Å². The molecule has 3 rings (SSSR count). The molecule has 0 saturated carbocycles. The molecule has 5 heteroatoms. The zero-order chi connectivity index (χ0) is 13.4. The fourth-order valence-corrected chi connectivity index (χ4v) is 2.49. The second-order valence-electron chi connectivity index (χ2n) is 3.93. The maximum Gasteiger partial charge on any atom is 0.0770 e. The van der Waals surface area contributed by atoms with Gasteiger partial charge >= 0.3 is 0 Å². The van der Waals surface area contributed by atoms with Crippen LogP contribution >= 0.6 is 23.2 Å². The minimum Gasteiger partial charge on any atom is -0.256 e. The van der Waals surface area contributed by atoms with Gasteiger partial charge in [-0.3, -0.25) is 4.98 Å². The predicted octanol–water partition coefficient (Wildman–Crippen LogP) is 3.71. The number of fused-ring (bicyclic) bond motifs is 1. The van der Waals surface area contributed by atoms with Gasteiger partial charge in [-0.15, -0.1) is 6.42 Å². The van der Waals surface area contributed by atoms with E-state index >= 15 is 0 Å². The molecule has 0 saturated heterocycles. The van der Waals surface area contributed by atoms with Crippen molar-refractivity contribution in [1.29, 1.82) is 0 Å². The zero-order valence-corrected chi connectivity index (χ0v) is 11.2. The fraction of sp³-hybridized carbons (Fsp3) is 0. The van der Waals surface area contributed by atoms with Crippen LogP contribution in [-0.2, 0) is 0 Å². The summed E-state index contributed by atoms with van der Waals surface area (Å²) in [5, 5.41) is 6.10. The first-order valence-electron chi connectivity index (χ1n) is 5.44. The fourth-order valence-electron chi connectivity index (χ4n) is 1.91. The molecule has 1 aromatic carbocycles. The molecule has 3 aromatic rings. The van der Waals surface area contributed by atoms with Gasteiger partial charge in [-0.25, -0.2) is 4.68 Å². The molecule has 0 radical (unpaired) electrons. The topological polar surface area (TPSA) is 30.7 Å². The first-order valence-corrected chi connectivity index (χ1v) is 6.20. The molecule has 0 aliphatic rings. The number of halogens is 2. The molecule has 92 valence electrons. The average Bonchev–Trinajstić information content (AvgIpc) is 2.86. The molecule has 0 amide bonds. The molecule has 0 unspecified atom stereocenters. The summed E-state index contributed by atoms with van der Waals surface area (Å²) in [5.74, 6) is 2.54. The number of terminal acetylenes is 1. The van der Waals surface area contributed by atoms with Crippen molar-refractivity contribution in [3.8, 4) is 18.0 Å². The van der Waals surface area contributed by atoms with Gasteiger partial charge in [-0.05, 0) is 18.2 Å². The van der Waals surface area contributed by atoms with Gasteiger partial charge in [0.25, 0.3) is 0 Å². The molecule has 2 aromatic heterocycles. The van der Waals surface area contributed by atoms with Crippen molar-refractivity contribution < 1.29 is 0 Å². The van der Waals surface area contributed by atoms with Gasteiger partial charge < -0.3 is 0 Å². The van der Waals surface area contributed by atoms with Crippen LogP contribution in [0.25, 0.3) is 16.6 Å². The van der Waals surface area contributed by atoms with Crippen LogP contribution in [0.3, 0.4) is 0 Å². The van der Waals surface area contributed by atoms with Crippen LogP contribution in [0.2, 0.25) is 10.0 Å². The Bertz CT molecular complexity index is 815. The lowest BCUT2D eigenvalue weighted by molar-refractivity contribution is 0.886.